The number of carbonyl (C=O) groups excluding carboxylic acids is 2. The van der Waals surface area contributed by atoms with Gasteiger partial charge >= 0.3 is 6.09 Å². The molecule has 29 heavy (non-hydrogen) atoms. The molecular formula is C22H23FN2O4. The summed E-state index contributed by atoms with van der Waals surface area (Å²) < 4.78 is 19.6. The average molecular weight is 398 g/mol. The minimum Gasteiger partial charge on any atom is -0.448 e. The molecule has 4 rings (SSSR count). The topological polar surface area (TPSA) is 59.1 Å². The lowest BCUT2D eigenvalue weighted by Crippen LogP contribution is -2.46. The summed E-state index contributed by atoms with van der Waals surface area (Å²) in [4.78, 5) is 31.2. The Morgan fingerprint density at radius 2 is 1.69 bits per heavy atom. The highest BCUT2D eigenvalue weighted by atomic mass is 19.1. The zero-order valence-electron chi connectivity index (χ0n) is 16.4. The molecule has 152 valence electrons. The molecule has 2 aliphatic rings. The first-order chi connectivity index (χ1) is 14.0. The van der Waals surface area contributed by atoms with Gasteiger partial charge in [0.25, 0.3) is 5.91 Å². The molecule has 0 aromatic heterocycles. The minimum absolute atomic E-state index is 0.0588. The van der Waals surface area contributed by atoms with Crippen LogP contribution >= 0.6 is 0 Å². The minimum atomic E-state index is -1.27. The van der Waals surface area contributed by atoms with Crippen LogP contribution in [-0.4, -0.2) is 61.5 Å². The molecule has 1 aliphatic heterocycles. The Balaban J connectivity index is 1.50. The van der Waals surface area contributed by atoms with Crippen LogP contribution in [0, 0.1) is 0 Å². The maximum Gasteiger partial charge on any atom is 0.410 e. The second-order valence-electron chi connectivity index (χ2n) is 7.32. The number of fused-ring (bicyclic) bond motifs is 3. The third-order valence-corrected chi connectivity index (χ3v) is 5.69. The maximum atomic E-state index is 14.0. The van der Waals surface area contributed by atoms with Crippen LogP contribution in [0.1, 0.15) is 23.5 Å². The van der Waals surface area contributed by atoms with Gasteiger partial charge in [0.05, 0.1) is 13.7 Å². The van der Waals surface area contributed by atoms with Crippen molar-refractivity contribution in [3.8, 4) is 11.1 Å². The van der Waals surface area contributed by atoms with Crippen molar-refractivity contribution in [1.82, 2.24) is 9.96 Å². The Morgan fingerprint density at radius 1 is 1.10 bits per heavy atom. The molecule has 0 saturated carbocycles. The van der Waals surface area contributed by atoms with Crippen LogP contribution in [0.4, 0.5) is 9.18 Å². The fourth-order valence-corrected chi connectivity index (χ4v) is 4.20. The summed E-state index contributed by atoms with van der Waals surface area (Å²) in [7, 11) is 2.78. The van der Waals surface area contributed by atoms with Crippen molar-refractivity contribution >= 4 is 12.0 Å². The van der Waals surface area contributed by atoms with Crippen molar-refractivity contribution in [2.24, 2.45) is 0 Å². The van der Waals surface area contributed by atoms with E-state index in [1.807, 2.05) is 36.4 Å². The van der Waals surface area contributed by atoms with Crippen LogP contribution in [0.3, 0.4) is 0 Å². The first-order valence-electron chi connectivity index (χ1n) is 9.58. The third kappa shape index (κ3) is 3.46. The van der Waals surface area contributed by atoms with Crippen molar-refractivity contribution in [3.63, 3.8) is 0 Å². The number of benzene rings is 2. The fourth-order valence-electron chi connectivity index (χ4n) is 4.20. The summed E-state index contributed by atoms with van der Waals surface area (Å²) in [6.07, 6.45) is -2.01. The van der Waals surface area contributed by atoms with Crippen LogP contribution in [0.5, 0.6) is 0 Å². The number of ether oxygens (including phenoxy) is 1. The van der Waals surface area contributed by atoms with Crippen molar-refractivity contribution < 1.29 is 23.6 Å². The zero-order chi connectivity index (χ0) is 20.5. The van der Waals surface area contributed by atoms with Crippen molar-refractivity contribution in [3.05, 3.63) is 59.7 Å². The number of amides is 2. The highest BCUT2D eigenvalue weighted by Gasteiger charge is 2.42. The predicted molar refractivity (Wildman–Crippen MR) is 105 cm³/mol. The van der Waals surface area contributed by atoms with Crippen LogP contribution in [-0.2, 0) is 14.4 Å². The van der Waals surface area contributed by atoms with Crippen LogP contribution in [0.2, 0.25) is 0 Å². The van der Waals surface area contributed by atoms with Crippen molar-refractivity contribution in [1.29, 1.82) is 0 Å². The van der Waals surface area contributed by atoms with E-state index in [1.165, 1.54) is 14.2 Å². The van der Waals surface area contributed by atoms with Crippen molar-refractivity contribution in [2.45, 2.75) is 24.6 Å². The van der Waals surface area contributed by atoms with E-state index in [9.17, 15) is 14.0 Å². The molecule has 0 radical (unpaired) electrons. The number of carbonyl (C=O) groups is 2. The Kier molecular flexibility index (Phi) is 5.24. The van der Waals surface area contributed by atoms with E-state index in [4.69, 9.17) is 9.57 Å². The van der Waals surface area contributed by atoms with Gasteiger partial charge in [-0.3, -0.25) is 14.5 Å². The molecule has 1 heterocycles. The van der Waals surface area contributed by atoms with Gasteiger partial charge in [0.1, 0.15) is 18.8 Å². The van der Waals surface area contributed by atoms with Gasteiger partial charge in [0, 0.05) is 19.4 Å². The standard InChI is InChI=1S/C22H23FN2O4/c1-24(28-2)21(26)20-11-14(23)12-25(20)22(27)29-13-19-17-9-5-3-7-15(17)16-8-4-6-10-18(16)19/h3-10,14,19-20H,11-13H2,1-2H3. The summed E-state index contributed by atoms with van der Waals surface area (Å²) in [5.74, 6) is -0.563. The Hall–Kier alpha value is -2.93. The van der Waals surface area contributed by atoms with Gasteiger partial charge in [-0.2, -0.15) is 0 Å². The average Bonchev–Trinajstić information content (AvgIpc) is 3.29. The van der Waals surface area contributed by atoms with E-state index in [0.29, 0.717) is 0 Å². The lowest BCUT2D eigenvalue weighted by molar-refractivity contribution is -0.173. The largest absolute Gasteiger partial charge is 0.448 e. The molecular weight excluding hydrogens is 375 g/mol. The van der Waals surface area contributed by atoms with E-state index in [0.717, 1.165) is 32.2 Å². The molecule has 2 unspecified atom stereocenters. The van der Waals surface area contributed by atoms with Crippen LogP contribution in [0.15, 0.2) is 48.5 Å². The second kappa shape index (κ2) is 7.83. The first kappa shape index (κ1) is 19.4. The summed E-state index contributed by atoms with van der Waals surface area (Å²) in [5.41, 5.74) is 4.45. The SMILES string of the molecule is CON(C)C(=O)C1CC(F)CN1C(=O)OCC1c2ccccc2-c2ccccc21. The van der Waals surface area contributed by atoms with Crippen LogP contribution < -0.4 is 0 Å². The number of rotatable bonds is 4. The lowest BCUT2D eigenvalue weighted by atomic mass is 9.98. The van der Waals surface area contributed by atoms with Gasteiger partial charge in [-0.25, -0.2) is 14.2 Å². The monoisotopic (exact) mass is 398 g/mol. The van der Waals surface area contributed by atoms with Gasteiger partial charge in [-0.05, 0) is 22.3 Å². The lowest BCUT2D eigenvalue weighted by Gasteiger charge is -2.26. The Labute approximate surface area is 168 Å². The number of hydrogen-bond donors (Lipinski definition) is 0. The van der Waals surface area contributed by atoms with Gasteiger partial charge < -0.3 is 4.74 Å². The molecule has 0 N–H and O–H groups in total. The molecule has 7 heteroatoms. The van der Waals surface area contributed by atoms with E-state index in [2.05, 4.69) is 12.1 Å². The van der Waals surface area contributed by atoms with Gasteiger partial charge in [-0.15, -0.1) is 0 Å². The highest BCUT2D eigenvalue weighted by Crippen LogP contribution is 2.44. The number of likely N-dealkylation sites (tertiary alicyclic amines) is 1. The maximum absolute atomic E-state index is 14.0. The second-order valence-corrected chi connectivity index (χ2v) is 7.32. The van der Waals surface area contributed by atoms with Crippen molar-refractivity contribution in [2.75, 3.05) is 27.3 Å². The molecule has 6 nitrogen and oxygen atoms in total. The molecule has 1 aliphatic carbocycles. The smallest absolute Gasteiger partial charge is 0.410 e. The van der Waals surface area contributed by atoms with E-state index >= 15 is 0 Å². The molecule has 2 atom stereocenters. The number of hydroxylamine groups is 2. The number of hydrogen-bond acceptors (Lipinski definition) is 4. The van der Waals surface area contributed by atoms with Gasteiger partial charge in [-0.1, -0.05) is 48.5 Å². The summed E-state index contributed by atoms with van der Waals surface area (Å²) in [6.45, 7) is -0.0357. The predicted octanol–water partition coefficient (Wildman–Crippen LogP) is 3.37. The molecule has 1 saturated heterocycles. The fraction of sp³-hybridized carbons (Fsp3) is 0.364. The van der Waals surface area contributed by atoms with E-state index < -0.39 is 24.2 Å². The van der Waals surface area contributed by atoms with E-state index in [-0.39, 0.29) is 25.5 Å². The summed E-state index contributed by atoms with van der Waals surface area (Å²) in [6, 6.07) is 15.1. The third-order valence-electron chi connectivity index (χ3n) is 5.69. The molecule has 1 fully saturated rings. The zero-order valence-corrected chi connectivity index (χ0v) is 16.4. The molecule has 0 bridgehead atoms. The molecule has 2 aromatic rings. The number of likely N-dealkylation sites (N-methyl/N-ethyl adjacent to an activating group) is 1. The van der Waals surface area contributed by atoms with Gasteiger partial charge in [0.15, 0.2) is 0 Å². The Morgan fingerprint density at radius 3 is 2.28 bits per heavy atom. The molecule has 2 aromatic carbocycles. The highest BCUT2D eigenvalue weighted by molar-refractivity contribution is 5.86. The summed E-state index contributed by atoms with van der Waals surface area (Å²) in [5, 5.41) is 1.01. The number of nitrogens with zero attached hydrogens (tertiary/aromatic N) is 2. The number of alkyl halides is 1. The van der Waals surface area contributed by atoms with Gasteiger partial charge in [0.2, 0.25) is 0 Å². The summed E-state index contributed by atoms with van der Waals surface area (Å²) >= 11 is 0. The number of halogens is 1. The Bertz CT molecular complexity index is 889. The van der Waals surface area contributed by atoms with Crippen LogP contribution in [0.25, 0.3) is 11.1 Å². The molecule has 0 spiro atoms. The normalized spacial score (nSPS) is 20.3. The quantitative estimate of drug-likeness (QED) is 0.741. The van der Waals surface area contributed by atoms with E-state index in [1.54, 1.807) is 0 Å². The molecule has 2 amide bonds. The first-order valence-corrected chi connectivity index (χ1v) is 9.58.